The van der Waals surface area contributed by atoms with Gasteiger partial charge in [0.2, 0.25) is 0 Å². The number of aromatic nitrogens is 2. The molecule has 0 saturated carbocycles. The van der Waals surface area contributed by atoms with Crippen LogP contribution in [0.4, 0.5) is 0 Å². The Hall–Kier alpha value is -3.12. The maximum atomic E-state index is 12.2. The molecule has 0 bridgehead atoms. The number of nitrogens with zero attached hydrogens (tertiary/aromatic N) is 2. The smallest absolute Gasteiger partial charge is 0.269 e. The molecular weight excluding hydrogens is 344 g/mol. The minimum atomic E-state index is -0.869. The lowest BCUT2D eigenvalue weighted by molar-refractivity contribution is 0.0912. The van der Waals surface area contributed by atoms with Gasteiger partial charge in [-0.2, -0.15) is 0 Å². The van der Waals surface area contributed by atoms with Gasteiger partial charge in [-0.15, -0.1) is 6.58 Å². The predicted octanol–water partition coefficient (Wildman–Crippen LogP) is 2.57. The maximum absolute atomic E-state index is 12.2. The van der Waals surface area contributed by atoms with Gasteiger partial charge in [0, 0.05) is 0 Å². The van der Waals surface area contributed by atoms with Gasteiger partial charge in [-0.05, 0) is 36.2 Å². The molecular formula is C21H22N2O4. The Balaban J connectivity index is 1.72. The third-order valence-electron chi connectivity index (χ3n) is 4.19. The molecule has 0 saturated heterocycles. The first-order chi connectivity index (χ1) is 13.1. The van der Waals surface area contributed by atoms with Gasteiger partial charge in [0.25, 0.3) is 5.56 Å². The molecule has 1 heterocycles. The highest BCUT2D eigenvalue weighted by Gasteiger charge is 2.13. The first kappa shape index (κ1) is 18.7. The molecule has 1 aromatic heterocycles. The molecule has 2 aromatic carbocycles. The van der Waals surface area contributed by atoms with Gasteiger partial charge in [-0.25, -0.2) is 4.98 Å². The largest absolute Gasteiger partial charge is 0.493 e. The van der Waals surface area contributed by atoms with Crippen molar-refractivity contribution in [1.29, 1.82) is 0 Å². The van der Waals surface area contributed by atoms with E-state index < -0.39 is 6.10 Å². The van der Waals surface area contributed by atoms with Crippen molar-refractivity contribution in [2.45, 2.75) is 19.1 Å². The van der Waals surface area contributed by atoms with Crippen LogP contribution in [0.1, 0.15) is 5.56 Å². The van der Waals surface area contributed by atoms with E-state index in [2.05, 4.69) is 11.6 Å². The second kappa shape index (κ2) is 8.51. The average Bonchev–Trinajstić information content (AvgIpc) is 2.69. The van der Waals surface area contributed by atoms with Gasteiger partial charge in [-0.1, -0.05) is 24.3 Å². The van der Waals surface area contributed by atoms with Gasteiger partial charge >= 0.3 is 0 Å². The molecule has 140 valence electrons. The zero-order valence-corrected chi connectivity index (χ0v) is 15.2. The number of rotatable bonds is 8. The summed E-state index contributed by atoms with van der Waals surface area (Å²) < 4.78 is 12.6. The van der Waals surface area contributed by atoms with E-state index in [-0.39, 0.29) is 18.7 Å². The Kier molecular flexibility index (Phi) is 5.88. The summed E-state index contributed by atoms with van der Waals surface area (Å²) in [7, 11) is 1.57. The topological polar surface area (TPSA) is 73.6 Å². The predicted molar refractivity (Wildman–Crippen MR) is 104 cm³/mol. The van der Waals surface area contributed by atoms with Crippen molar-refractivity contribution < 1.29 is 14.6 Å². The van der Waals surface area contributed by atoms with Crippen molar-refractivity contribution in [2.24, 2.45) is 0 Å². The molecule has 0 radical (unpaired) electrons. The van der Waals surface area contributed by atoms with E-state index in [0.29, 0.717) is 22.5 Å². The fourth-order valence-electron chi connectivity index (χ4n) is 2.88. The molecule has 0 amide bonds. The quantitative estimate of drug-likeness (QED) is 0.620. The number of para-hydroxylation sites is 2. The minimum Gasteiger partial charge on any atom is -0.493 e. The first-order valence-electron chi connectivity index (χ1n) is 8.65. The molecule has 27 heavy (non-hydrogen) atoms. The molecule has 1 atom stereocenters. The summed E-state index contributed by atoms with van der Waals surface area (Å²) in [5.74, 6) is 1.13. The second-order valence-corrected chi connectivity index (χ2v) is 6.14. The summed E-state index contributed by atoms with van der Waals surface area (Å²) in [5.41, 5.74) is 2.17. The number of hydrogen-bond donors (Lipinski definition) is 1. The van der Waals surface area contributed by atoms with Crippen molar-refractivity contribution in [3.8, 4) is 11.5 Å². The Morgan fingerprint density at radius 2 is 2.07 bits per heavy atom. The molecule has 6 heteroatoms. The van der Waals surface area contributed by atoms with E-state index in [1.165, 1.54) is 10.8 Å². The van der Waals surface area contributed by atoms with Crippen molar-refractivity contribution in [2.75, 3.05) is 13.7 Å². The SMILES string of the molecule is C=CCc1ccc(OCC(O)Cn2c(=O)cnc3ccccc32)c(OC)c1. The minimum absolute atomic E-state index is 0.0280. The lowest BCUT2D eigenvalue weighted by atomic mass is 10.1. The van der Waals surface area contributed by atoms with Crippen molar-refractivity contribution in [3.63, 3.8) is 0 Å². The summed E-state index contributed by atoms with van der Waals surface area (Å²) in [6, 6.07) is 12.9. The van der Waals surface area contributed by atoms with Crippen LogP contribution in [0.2, 0.25) is 0 Å². The normalized spacial score (nSPS) is 11.9. The first-order valence-corrected chi connectivity index (χ1v) is 8.65. The number of allylic oxidation sites excluding steroid dienone is 1. The van der Waals surface area contributed by atoms with Crippen LogP contribution in [0.5, 0.6) is 11.5 Å². The zero-order chi connectivity index (χ0) is 19.2. The summed E-state index contributed by atoms with van der Waals surface area (Å²) in [6.07, 6.45) is 2.94. The fraction of sp³-hybridized carbons (Fsp3) is 0.238. The van der Waals surface area contributed by atoms with E-state index in [1.54, 1.807) is 19.2 Å². The van der Waals surface area contributed by atoms with Gasteiger partial charge in [0.05, 0.1) is 30.9 Å². The van der Waals surface area contributed by atoms with E-state index in [4.69, 9.17) is 9.47 Å². The van der Waals surface area contributed by atoms with Crippen LogP contribution in [0.25, 0.3) is 11.0 Å². The molecule has 0 spiro atoms. The molecule has 1 N–H and O–H groups in total. The van der Waals surface area contributed by atoms with E-state index >= 15 is 0 Å². The number of ether oxygens (including phenoxy) is 2. The Bertz CT molecular complexity index is 997. The van der Waals surface area contributed by atoms with Gasteiger partial charge < -0.3 is 19.1 Å². The second-order valence-electron chi connectivity index (χ2n) is 6.14. The number of aliphatic hydroxyl groups excluding tert-OH is 1. The Morgan fingerprint density at radius 3 is 2.85 bits per heavy atom. The summed E-state index contributed by atoms with van der Waals surface area (Å²) >= 11 is 0. The highest BCUT2D eigenvalue weighted by molar-refractivity contribution is 5.74. The number of aliphatic hydroxyl groups is 1. The lowest BCUT2D eigenvalue weighted by Gasteiger charge is -2.17. The third kappa shape index (κ3) is 4.35. The number of fused-ring (bicyclic) bond motifs is 1. The standard InChI is InChI=1S/C21H22N2O4/c1-3-6-15-9-10-19(20(11-15)26-2)27-14-16(24)13-23-18-8-5-4-7-17(18)22-12-21(23)25/h3-5,7-12,16,24H,1,6,13-14H2,2H3. The molecule has 0 aliphatic rings. The summed E-state index contributed by atoms with van der Waals surface area (Å²) in [6.45, 7) is 3.86. The lowest BCUT2D eigenvalue weighted by Crippen LogP contribution is -2.30. The monoisotopic (exact) mass is 366 g/mol. The van der Waals surface area contributed by atoms with E-state index in [1.807, 2.05) is 36.4 Å². The Labute approximate surface area is 157 Å². The third-order valence-corrected chi connectivity index (χ3v) is 4.19. The average molecular weight is 366 g/mol. The molecule has 0 fully saturated rings. The molecule has 3 aromatic rings. The van der Waals surface area contributed by atoms with Gasteiger partial charge in [-0.3, -0.25) is 4.79 Å². The van der Waals surface area contributed by atoms with Crippen LogP contribution < -0.4 is 15.0 Å². The van der Waals surface area contributed by atoms with Crippen LogP contribution in [-0.4, -0.2) is 34.5 Å². The van der Waals surface area contributed by atoms with Crippen LogP contribution in [0, 0.1) is 0 Å². The summed E-state index contributed by atoms with van der Waals surface area (Å²) in [5, 5.41) is 10.4. The molecule has 3 rings (SSSR count). The number of hydrogen-bond acceptors (Lipinski definition) is 5. The van der Waals surface area contributed by atoms with Crippen LogP contribution in [0.15, 0.2) is 66.1 Å². The number of methoxy groups -OCH3 is 1. The highest BCUT2D eigenvalue weighted by atomic mass is 16.5. The van der Waals surface area contributed by atoms with Gasteiger partial charge in [0.1, 0.15) is 12.7 Å². The maximum Gasteiger partial charge on any atom is 0.269 e. The Morgan fingerprint density at radius 1 is 1.26 bits per heavy atom. The molecule has 0 aliphatic heterocycles. The van der Waals surface area contributed by atoms with Crippen molar-refractivity contribution in [3.05, 3.63) is 77.2 Å². The van der Waals surface area contributed by atoms with Crippen molar-refractivity contribution >= 4 is 11.0 Å². The van der Waals surface area contributed by atoms with Crippen LogP contribution in [-0.2, 0) is 13.0 Å². The molecule has 1 unspecified atom stereocenters. The van der Waals surface area contributed by atoms with Crippen LogP contribution in [0.3, 0.4) is 0 Å². The molecule has 6 nitrogen and oxygen atoms in total. The van der Waals surface area contributed by atoms with E-state index in [0.717, 1.165) is 12.0 Å². The van der Waals surface area contributed by atoms with Gasteiger partial charge in [0.15, 0.2) is 11.5 Å². The fourth-order valence-corrected chi connectivity index (χ4v) is 2.88. The van der Waals surface area contributed by atoms with Crippen LogP contribution >= 0.6 is 0 Å². The zero-order valence-electron chi connectivity index (χ0n) is 15.2. The highest BCUT2D eigenvalue weighted by Crippen LogP contribution is 2.28. The van der Waals surface area contributed by atoms with E-state index in [9.17, 15) is 9.90 Å². The summed E-state index contributed by atoms with van der Waals surface area (Å²) in [4.78, 5) is 16.3. The van der Waals surface area contributed by atoms with Crippen molar-refractivity contribution in [1.82, 2.24) is 9.55 Å². The number of benzene rings is 2. The molecule has 0 aliphatic carbocycles.